The zero-order chi connectivity index (χ0) is 17.3. The molecule has 1 aliphatic rings. The fourth-order valence-corrected chi connectivity index (χ4v) is 4.04. The van der Waals surface area contributed by atoms with Crippen molar-refractivity contribution >= 4 is 22.8 Å². The predicted molar refractivity (Wildman–Crippen MR) is 94.9 cm³/mol. The Morgan fingerprint density at radius 2 is 1.92 bits per heavy atom. The maximum atomic E-state index is 12.6. The van der Waals surface area contributed by atoms with Gasteiger partial charge in [-0.1, -0.05) is 0 Å². The van der Waals surface area contributed by atoms with E-state index in [4.69, 9.17) is 4.74 Å². The van der Waals surface area contributed by atoms with Gasteiger partial charge in [0, 0.05) is 50.6 Å². The molecule has 3 heterocycles. The maximum Gasteiger partial charge on any atom is 0.332 e. The van der Waals surface area contributed by atoms with E-state index in [1.807, 2.05) is 6.92 Å². The normalized spacial score (nSPS) is 16.0. The topological polar surface area (TPSA) is 69.4 Å². The standard InChI is InChI=1S/C16H22N4O3S/c1-11-10-17-14-12(15(21)19(3)16(22)18(14)2)13(11)24-9-6-20-4-7-23-8-5-20/h10H,4-9H2,1-3H3. The smallest absolute Gasteiger partial charge is 0.332 e. The number of ether oxygens (including phenoxy) is 1. The highest BCUT2D eigenvalue weighted by Crippen LogP contribution is 2.27. The molecule has 0 spiro atoms. The molecule has 0 N–H and O–H groups in total. The van der Waals surface area contributed by atoms with E-state index in [0.717, 1.165) is 53.6 Å². The van der Waals surface area contributed by atoms with Crippen molar-refractivity contribution in [1.29, 1.82) is 0 Å². The van der Waals surface area contributed by atoms with Gasteiger partial charge in [-0.05, 0) is 12.5 Å². The van der Waals surface area contributed by atoms with Crippen molar-refractivity contribution in [3.63, 3.8) is 0 Å². The second kappa shape index (κ2) is 7.08. The van der Waals surface area contributed by atoms with Crippen LogP contribution >= 0.6 is 11.8 Å². The zero-order valence-electron chi connectivity index (χ0n) is 14.2. The van der Waals surface area contributed by atoms with Crippen molar-refractivity contribution < 1.29 is 4.74 Å². The number of aromatic nitrogens is 3. The van der Waals surface area contributed by atoms with Crippen LogP contribution in [0.5, 0.6) is 0 Å². The van der Waals surface area contributed by atoms with Gasteiger partial charge in [0.1, 0.15) is 5.65 Å². The molecule has 1 aliphatic heterocycles. The molecule has 8 heteroatoms. The van der Waals surface area contributed by atoms with Crippen LogP contribution in [-0.2, 0) is 18.8 Å². The van der Waals surface area contributed by atoms with Gasteiger partial charge in [-0.25, -0.2) is 9.78 Å². The summed E-state index contributed by atoms with van der Waals surface area (Å²) in [5.74, 6) is 0.881. The van der Waals surface area contributed by atoms with E-state index in [1.54, 1.807) is 25.0 Å². The molecule has 2 aromatic heterocycles. The Labute approximate surface area is 144 Å². The minimum Gasteiger partial charge on any atom is -0.379 e. The van der Waals surface area contributed by atoms with E-state index in [0.29, 0.717) is 11.0 Å². The first-order valence-electron chi connectivity index (χ1n) is 7.99. The first kappa shape index (κ1) is 17.2. The van der Waals surface area contributed by atoms with Crippen LogP contribution in [0, 0.1) is 6.92 Å². The highest BCUT2D eigenvalue weighted by atomic mass is 32.2. The van der Waals surface area contributed by atoms with Crippen molar-refractivity contribution in [1.82, 2.24) is 19.0 Å². The molecule has 0 amide bonds. The van der Waals surface area contributed by atoms with Crippen molar-refractivity contribution in [2.75, 3.05) is 38.6 Å². The lowest BCUT2D eigenvalue weighted by Gasteiger charge is -2.26. The molecule has 3 rings (SSSR count). The monoisotopic (exact) mass is 350 g/mol. The average molecular weight is 350 g/mol. The first-order chi connectivity index (χ1) is 11.5. The summed E-state index contributed by atoms with van der Waals surface area (Å²) in [6, 6.07) is 0. The third kappa shape index (κ3) is 3.13. The van der Waals surface area contributed by atoms with Gasteiger partial charge < -0.3 is 4.74 Å². The summed E-state index contributed by atoms with van der Waals surface area (Å²) in [4.78, 5) is 32.3. The second-order valence-electron chi connectivity index (χ2n) is 5.98. The summed E-state index contributed by atoms with van der Waals surface area (Å²) in [6.07, 6.45) is 1.73. The molecule has 0 aliphatic carbocycles. The molecule has 0 radical (unpaired) electrons. The van der Waals surface area contributed by atoms with Gasteiger partial charge in [-0.2, -0.15) is 0 Å². The molecular formula is C16H22N4O3S. The lowest BCUT2D eigenvalue weighted by atomic mass is 10.2. The summed E-state index contributed by atoms with van der Waals surface area (Å²) in [6.45, 7) is 6.37. The molecule has 0 bridgehead atoms. The van der Waals surface area contributed by atoms with Crippen LogP contribution in [0.15, 0.2) is 20.7 Å². The number of nitrogens with zero attached hydrogens (tertiary/aromatic N) is 4. The predicted octanol–water partition coefficient (Wildman–Crippen LogP) is 0.365. The summed E-state index contributed by atoms with van der Waals surface area (Å²) in [5, 5.41) is 0.534. The van der Waals surface area contributed by atoms with Crippen molar-refractivity contribution in [2.45, 2.75) is 11.8 Å². The minimum atomic E-state index is -0.354. The van der Waals surface area contributed by atoms with Crippen molar-refractivity contribution in [3.8, 4) is 0 Å². The van der Waals surface area contributed by atoms with Crippen molar-refractivity contribution in [2.24, 2.45) is 14.1 Å². The fourth-order valence-electron chi connectivity index (χ4n) is 2.88. The minimum absolute atomic E-state index is 0.279. The Morgan fingerprint density at radius 3 is 2.62 bits per heavy atom. The van der Waals surface area contributed by atoms with Gasteiger partial charge in [-0.15, -0.1) is 11.8 Å². The molecule has 24 heavy (non-hydrogen) atoms. The molecule has 0 unspecified atom stereocenters. The van der Waals surface area contributed by atoms with Gasteiger partial charge >= 0.3 is 5.69 Å². The largest absolute Gasteiger partial charge is 0.379 e. The van der Waals surface area contributed by atoms with E-state index < -0.39 is 0 Å². The first-order valence-corrected chi connectivity index (χ1v) is 8.97. The van der Waals surface area contributed by atoms with Crippen LogP contribution in [0.25, 0.3) is 11.0 Å². The third-order valence-corrected chi connectivity index (χ3v) is 5.56. The average Bonchev–Trinajstić information content (AvgIpc) is 2.60. The maximum absolute atomic E-state index is 12.6. The summed E-state index contributed by atoms with van der Waals surface area (Å²) in [5.41, 5.74) is 0.777. The number of aryl methyl sites for hydroxylation is 2. The Balaban J connectivity index is 1.93. The van der Waals surface area contributed by atoms with Crippen LogP contribution in [0.2, 0.25) is 0 Å². The summed E-state index contributed by atoms with van der Waals surface area (Å²) in [7, 11) is 3.16. The molecule has 0 aromatic carbocycles. The molecule has 0 saturated carbocycles. The molecule has 0 atom stereocenters. The molecule has 130 valence electrons. The van der Waals surface area contributed by atoms with E-state index in [9.17, 15) is 9.59 Å². The molecular weight excluding hydrogens is 328 g/mol. The van der Waals surface area contributed by atoms with Gasteiger partial charge in [0.25, 0.3) is 5.56 Å². The van der Waals surface area contributed by atoms with Gasteiger partial charge in [0.05, 0.1) is 18.6 Å². The van der Waals surface area contributed by atoms with E-state index in [-0.39, 0.29) is 11.2 Å². The SMILES string of the molecule is Cc1cnc2c(c1SCCN1CCOCC1)c(=O)n(C)c(=O)n2C. The Bertz CT molecular complexity index is 868. The quantitative estimate of drug-likeness (QED) is 0.742. The molecule has 1 saturated heterocycles. The number of pyridine rings is 1. The number of hydrogen-bond donors (Lipinski definition) is 0. The van der Waals surface area contributed by atoms with Crippen molar-refractivity contribution in [3.05, 3.63) is 32.6 Å². The van der Waals surface area contributed by atoms with E-state index in [1.165, 1.54) is 11.6 Å². The second-order valence-corrected chi connectivity index (χ2v) is 7.08. The number of morpholine rings is 1. The van der Waals surface area contributed by atoms with Crippen LogP contribution in [0.4, 0.5) is 0 Å². The lowest BCUT2D eigenvalue weighted by Crippen LogP contribution is -2.38. The third-order valence-electron chi connectivity index (χ3n) is 4.36. The molecule has 7 nitrogen and oxygen atoms in total. The number of fused-ring (bicyclic) bond motifs is 1. The summed E-state index contributed by atoms with van der Waals surface area (Å²) < 4.78 is 7.94. The number of thioether (sulfide) groups is 1. The van der Waals surface area contributed by atoms with Gasteiger partial charge in [0.2, 0.25) is 0 Å². The Kier molecular flexibility index (Phi) is 5.07. The van der Waals surface area contributed by atoms with Gasteiger partial charge in [-0.3, -0.25) is 18.8 Å². The highest BCUT2D eigenvalue weighted by molar-refractivity contribution is 7.99. The summed E-state index contributed by atoms with van der Waals surface area (Å²) >= 11 is 1.66. The zero-order valence-corrected chi connectivity index (χ0v) is 15.1. The highest BCUT2D eigenvalue weighted by Gasteiger charge is 2.17. The van der Waals surface area contributed by atoms with E-state index >= 15 is 0 Å². The van der Waals surface area contributed by atoms with E-state index in [2.05, 4.69) is 9.88 Å². The molecule has 1 fully saturated rings. The lowest BCUT2D eigenvalue weighted by molar-refractivity contribution is 0.0410. The van der Waals surface area contributed by atoms with Gasteiger partial charge in [0.15, 0.2) is 0 Å². The fraction of sp³-hybridized carbons (Fsp3) is 0.562. The number of rotatable bonds is 4. The van der Waals surface area contributed by atoms with Crippen LogP contribution in [0.1, 0.15) is 5.56 Å². The van der Waals surface area contributed by atoms with Crippen LogP contribution in [-0.4, -0.2) is 57.6 Å². The van der Waals surface area contributed by atoms with Crippen LogP contribution < -0.4 is 11.2 Å². The number of hydrogen-bond acceptors (Lipinski definition) is 6. The molecule has 2 aromatic rings. The Hall–Kier alpha value is -1.64. The Morgan fingerprint density at radius 1 is 1.21 bits per heavy atom. The van der Waals surface area contributed by atoms with Crippen LogP contribution in [0.3, 0.4) is 0 Å².